The van der Waals surface area contributed by atoms with Crippen molar-refractivity contribution in [2.75, 3.05) is 0 Å². The average Bonchev–Trinajstić information content (AvgIpc) is 3.69. The van der Waals surface area contributed by atoms with E-state index in [2.05, 4.69) is 146 Å². The van der Waals surface area contributed by atoms with E-state index in [4.69, 9.17) is 24.4 Å². The minimum atomic E-state index is 0.623. The topological polar surface area (TPSA) is 64.7 Å². The van der Waals surface area contributed by atoms with Gasteiger partial charge in [-0.25, -0.2) is 19.9 Å². The second-order valence-corrected chi connectivity index (χ2v) is 14.2. The molecule has 5 heteroatoms. The maximum Gasteiger partial charge on any atom is 0.164 e. The van der Waals surface area contributed by atoms with Crippen molar-refractivity contribution >= 4 is 43.6 Å². The quantitative estimate of drug-likeness (QED) is 0.160. The highest BCUT2D eigenvalue weighted by Crippen LogP contribution is 2.42. The van der Waals surface area contributed by atoms with E-state index in [1.54, 1.807) is 0 Å². The van der Waals surface area contributed by atoms with Gasteiger partial charge in [0.25, 0.3) is 0 Å². The summed E-state index contributed by atoms with van der Waals surface area (Å²) in [5.74, 6) is 1.89. The maximum atomic E-state index is 6.61. The van der Waals surface area contributed by atoms with Gasteiger partial charge in [-0.05, 0) is 51.2 Å². The van der Waals surface area contributed by atoms with Crippen LogP contribution in [-0.2, 0) is 0 Å². The van der Waals surface area contributed by atoms with Crippen LogP contribution in [0, 0.1) is 0 Å². The molecule has 3 aromatic heterocycles. The Balaban J connectivity index is 0.963. The first-order valence-corrected chi connectivity index (χ1v) is 19.0. The van der Waals surface area contributed by atoms with Crippen molar-refractivity contribution in [2.45, 2.75) is 0 Å². The fourth-order valence-corrected chi connectivity index (χ4v) is 7.88. The lowest BCUT2D eigenvalue weighted by Gasteiger charge is -2.11. The fraction of sp³-hybridized carbons (Fsp3) is 0. The zero-order valence-electron chi connectivity index (χ0n) is 30.7. The van der Waals surface area contributed by atoms with Crippen LogP contribution in [0.2, 0.25) is 0 Å². The van der Waals surface area contributed by atoms with E-state index in [0.717, 1.165) is 93.8 Å². The van der Waals surface area contributed by atoms with E-state index in [1.165, 1.54) is 0 Å². The third-order valence-corrected chi connectivity index (χ3v) is 10.7. The largest absolute Gasteiger partial charge is 0.455 e. The number of para-hydroxylation sites is 1. The summed E-state index contributed by atoms with van der Waals surface area (Å²) in [6.07, 6.45) is 0. The molecule has 3 heterocycles. The van der Waals surface area contributed by atoms with Crippen LogP contribution in [0.4, 0.5) is 0 Å². The molecule has 8 aromatic carbocycles. The van der Waals surface area contributed by atoms with E-state index in [0.29, 0.717) is 17.5 Å². The van der Waals surface area contributed by atoms with Gasteiger partial charge in [0.1, 0.15) is 11.2 Å². The normalized spacial score (nSPS) is 11.5. The lowest BCUT2D eigenvalue weighted by Crippen LogP contribution is -2.00. The standard InChI is InChI=1S/C52H32N4O/c1-3-12-33(13-4-1)40-17-11-18-41(32-40)52-55-50(38-15-5-2-6-16-38)54-51(56-52)39-28-24-35(25-29-39)34-22-26-37(27-23-34)48-47-43-20-9-10-21-45(43)57-49(47)46-42-19-8-7-14-36(42)30-31-44(46)53-48/h1-32H. The Labute approximate surface area is 328 Å². The summed E-state index contributed by atoms with van der Waals surface area (Å²) in [4.78, 5) is 20.3. The number of pyridine rings is 1. The maximum absolute atomic E-state index is 6.61. The minimum absolute atomic E-state index is 0.623. The van der Waals surface area contributed by atoms with Crippen LogP contribution in [0.5, 0.6) is 0 Å². The number of benzene rings is 8. The Bertz CT molecular complexity index is 3270. The zero-order valence-corrected chi connectivity index (χ0v) is 30.7. The van der Waals surface area contributed by atoms with E-state index in [9.17, 15) is 0 Å². The van der Waals surface area contributed by atoms with Crippen molar-refractivity contribution in [3.8, 4) is 67.7 Å². The molecule has 0 aliphatic rings. The van der Waals surface area contributed by atoms with Crippen molar-refractivity contribution in [3.05, 3.63) is 194 Å². The molecule has 0 fully saturated rings. The van der Waals surface area contributed by atoms with Crippen molar-refractivity contribution < 1.29 is 4.42 Å². The van der Waals surface area contributed by atoms with Gasteiger partial charge in [-0.3, -0.25) is 0 Å². The molecule has 0 atom stereocenters. The number of aromatic nitrogens is 4. The lowest BCUT2D eigenvalue weighted by molar-refractivity contribution is 0.673. The molecule has 266 valence electrons. The van der Waals surface area contributed by atoms with Crippen LogP contribution in [-0.4, -0.2) is 19.9 Å². The SMILES string of the molecule is c1ccc(-c2cccc(-c3nc(-c4ccccc4)nc(-c4ccc(-c5ccc(-c6nc7ccc8ccccc8c7c7oc8ccccc8c67)cc5)cc4)n3)c2)cc1. The van der Waals surface area contributed by atoms with Crippen LogP contribution < -0.4 is 0 Å². The summed E-state index contributed by atoms with van der Waals surface area (Å²) in [6.45, 7) is 0. The number of hydrogen-bond donors (Lipinski definition) is 0. The molecule has 0 saturated heterocycles. The lowest BCUT2D eigenvalue weighted by atomic mass is 9.97. The molecular formula is C52H32N4O. The predicted molar refractivity (Wildman–Crippen MR) is 233 cm³/mol. The summed E-state index contributed by atoms with van der Waals surface area (Å²) in [6, 6.07) is 66.8. The van der Waals surface area contributed by atoms with Gasteiger partial charge in [-0.1, -0.05) is 176 Å². The Morgan fingerprint density at radius 1 is 0.316 bits per heavy atom. The summed E-state index contributed by atoms with van der Waals surface area (Å²) < 4.78 is 6.61. The number of nitrogens with zero attached hydrogens (tertiary/aromatic N) is 4. The van der Waals surface area contributed by atoms with E-state index < -0.39 is 0 Å². The Hall–Kier alpha value is -7.76. The van der Waals surface area contributed by atoms with Crippen LogP contribution in [0.1, 0.15) is 0 Å². The number of hydrogen-bond acceptors (Lipinski definition) is 5. The van der Waals surface area contributed by atoms with Gasteiger partial charge < -0.3 is 4.42 Å². The van der Waals surface area contributed by atoms with Crippen molar-refractivity contribution in [2.24, 2.45) is 0 Å². The minimum Gasteiger partial charge on any atom is -0.455 e. The molecule has 57 heavy (non-hydrogen) atoms. The number of fused-ring (bicyclic) bond motifs is 7. The average molecular weight is 729 g/mol. The Kier molecular flexibility index (Phi) is 7.74. The molecule has 11 aromatic rings. The highest BCUT2D eigenvalue weighted by atomic mass is 16.3. The van der Waals surface area contributed by atoms with Crippen LogP contribution >= 0.6 is 0 Å². The van der Waals surface area contributed by atoms with Crippen LogP contribution in [0.25, 0.3) is 111 Å². The van der Waals surface area contributed by atoms with Gasteiger partial charge in [0, 0.05) is 27.6 Å². The second-order valence-electron chi connectivity index (χ2n) is 14.2. The summed E-state index contributed by atoms with van der Waals surface area (Å²) in [5.41, 5.74) is 11.8. The molecule has 0 aliphatic carbocycles. The predicted octanol–water partition coefficient (Wildman–Crippen LogP) is 13.5. The van der Waals surface area contributed by atoms with Crippen molar-refractivity contribution in [1.82, 2.24) is 19.9 Å². The van der Waals surface area contributed by atoms with Gasteiger partial charge in [0.15, 0.2) is 17.5 Å². The highest BCUT2D eigenvalue weighted by molar-refractivity contribution is 6.25. The van der Waals surface area contributed by atoms with Crippen molar-refractivity contribution in [1.29, 1.82) is 0 Å². The van der Waals surface area contributed by atoms with Gasteiger partial charge in [0.2, 0.25) is 0 Å². The Morgan fingerprint density at radius 2 is 0.825 bits per heavy atom. The molecule has 0 amide bonds. The molecule has 0 N–H and O–H groups in total. The Morgan fingerprint density at radius 3 is 1.54 bits per heavy atom. The molecule has 0 aliphatic heterocycles. The first kappa shape index (κ1) is 32.7. The molecule has 0 radical (unpaired) electrons. The molecule has 0 spiro atoms. The molecular weight excluding hydrogens is 697 g/mol. The monoisotopic (exact) mass is 728 g/mol. The van der Waals surface area contributed by atoms with Gasteiger partial charge in [0.05, 0.1) is 22.0 Å². The van der Waals surface area contributed by atoms with E-state index >= 15 is 0 Å². The first-order valence-electron chi connectivity index (χ1n) is 19.0. The summed E-state index contributed by atoms with van der Waals surface area (Å²) in [7, 11) is 0. The molecule has 0 bridgehead atoms. The third kappa shape index (κ3) is 5.81. The third-order valence-electron chi connectivity index (χ3n) is 10.7. The number of furan rings is 1. The van der Waals surface area contributed by atoms with Crippen LogP contribution in [0.15, 0.2) is 199 Å². The zero-order chi connectivity index (χ0) is 37.7. The molecule has 0 unspecified atom stereocenters. The second kappa shape index (κ2) is 13.5. The highest BCUT2D eigenvalue weighted by Gasteiger charge is 2.20. The summed E-state index contributed by atoms with van der Waals surface area (Å²) >= 11 is 0. The van der Waals surface area contributed by atoms with Gasteiger partial charge in [-0.2, -0.15) is 0 Å². The van der Waals surface area contributed by atoms with Crippen LogP contribution in [0.3, 0.4) is 0 Å². The summed E-state index contributed by atoms with van der Waals surface area (Å²) in [5, 5.41) is 5.44. The molecule has 0 saturated carbocycles. The van der Waals surface area contributed by atoms with E-state index in [1.807, 2.05) is 48.5 Å². The van der Waals surface area contributed by atoms with Crippen molar-refractivity contribution in [3.63, 3.8) is 0 Å². The smallest absolute Gasteiger partial charge is 0.164 e. The first-order chi connectivity index (χ1) is 28.2. The fourth-order valence-electron chi connectivity index (χ4n) is 7.88. The van der Waals surface area contributed by atoms with E-state index in [-0.39, 0.29) is 0 Å². The molecule has 11 rings (SSSR count). The van der Waals surface area contributed by atoms with Gasteiger partial charge >= 0.3 is 0 Å². The van der Waals surface area contributed by atoms with Gasteiger partial charge in [-0.15, -0.1) is 0 Å². The number of rotatable bonds is 6. The molecule has 5 nitrogen and oxygen atoms in total.